The Bertz CT molecular complexity index is 496. The maximum Gasteiger partial charge on any atom is 0.238 e. The average molecular weight is 325 g/mol. The van der Waals surface area contributed by atoms with Crippen LogP contribution in [0.25, 0.3) is 0 Å². The largest absolute Gasteiger partial charge is 0.359 e. The van der Waals surface area contributed by atoms with Crippen LogP contribution in [0, 0.1) is 0 Å². The van der Waals surface area contributed by atoms with Crippen LogP contribution in [-0.4, -0.2) is 22.8 Å². The van der Waals surface area contributed by atoms with Crippen LogP contribution in [0.1, 0.15) is 48.2 Å². The van der Waals surface area contributed by atoms with Gasteiger partial charge in [-0.3, -0.25) is 20.4 Å². The van der Waals surface area contributed by atoms with Crippen molar-refractivity contribution >= 4 is 40.4 Å². The van der Waals surface area contributed by atoms with E-state index in [0.29, 0.717) is 16.0 Å². The summed E-state index contributed by atoms with van der Waals surface area (Å²) >= 11 is 6.50. The van der Waals surface area contributed by atoms with Crippen molar-refractivity contribution in [2.45, 2.75) is 44.6 Å². The molecule has 1 aliphatic carbocycles. The molecule has 114 valence electrons. The summed E-state index contributed by atoms with van der Waals surface area (Å²) in [6.45, 7) is 0. The summed E-state index contributed by atoms with van der Waals surface area (Å²) < 4.78 is 0. The summed E-state index contributed by atoms with van der Waals surface area (Å²) in [7, 11) is 0. The maximum atomic E-state index is 11.8. The number of ketones is 1. The molecular formula is C14H19N3O2S2. The number of carbonyl (C=O) groups excluding carboxylic acids is 2. The summed E-state index contributed by atoms with van der Waals surface area (Å²) in [6, 6.07) is 4.00. The van der Waals surface area contributed by atoms with Gasteiger partial charge in [-0.2, -0.15) is 0 Å². The van der Waals surface area contributed by atoms with Gasteiger partial charge < -0.3 is 5.32 Å². The molecule has 0 aromatic carbocycles. The molecule has 0 unspecified atom stereocenters. The molecule has 2 rings (SSSR count). The first kappa shape index (κ1) is 15.9. The molecule has 0 atom stereocenters. The second-order valence-electron chi connectivity index (χ2n) is 5.03. The molecule has 1 fully saturated rings. The van der Waals surface area contributed by atoms with E-state index in [4.69, 9.17) is 12.2 Å². The number of amides is 1. The van der Waals surface area contributed by atoms with E-state index in [-0.39, 0.29) is 24.5 Å². The van der Waals surface area contributed by atoms with E-state index >= 15 is 0 Å². The van der Waals surface area contributed by atoms with Gasteiger partial charge in [0.1, 0.15) is 0 Å². The number of nitrogens with one attached hydrogen (secondary N) is 3. The predicted octanol–water partition coefficient (Wildman–Crippen LogP) is 2.15. The summed E-state index contributed by atoms with van der Waals surface area (Å²) in [5.41, 5.74) is 5.20. The van der Waals surface area contributed by atoms with Gasteiger partial charge in [-0.05, 0) is 36.5 Å². The van der Waals surface area contributed by atoms with Crippen molar-refractivity contribution < 1.29 is 9.59 Å². The highest BCUT2D eigenvalue weighted by molar-refractivity contribution is 7.80. The average Bonchev–Trinajstić information content (AvgIpc) is 3.15. The van der Waals surface area contributed by atoms with Crippen LogP contribution in [-0.2, 0) is 4.79 Å². The van der Waals surface area contributed by atoms with Gasteiger partial charge in [0, 0.05) is 18.9 Å². The number of hydrogen-bond donors (Lipinski definition) is 3. The van der Waals surface area contributed by atoms with E-state index in [1.807, 2.05) is 11.4 Å². The first-order valence-corrected chi connectivity index (χ1v) is 8.36. The van der Waals surface area contributed by atoms with Crippen LogP contribution in [0.5, 0.6) is 0 Å². The third-order valence-corrected chi connectivity index (χ3v) is 4.51. The highest BCUT2D eigenvalue weighted by atomic mass is 32.1. The minimum Gasteiger partial charge on any atom is -0.359 e. The number of thiocarbonyl (C=S) groups is 1. The van der Waals surface area contributed by atoms with E-state index in [2.05, 4.69) is 16.2 Å². The lowest BCUT2D eigenvalue weighted by molar-refractivity contribution is -0.121. The third kappa shape index (κ3) is 5.43. The van der Waals surface area contributed by atoms with Gasteiger partial charge in [0.25, 0.3) is 0 Å². The molecule has 1 aromatic rings. The van der Waals surface area contributed by atoms with Crippen molar-refractivity contribution in [1.29, 1.82) is 0 Å². The summed E-state index contributed by atoms with van der Waals surface area (Å²) in [6.07, 6.45) is 5.03. The first-order chi connectivity index (χ1) is 10.1. The van der Waals surface area contributed by atoms with E-state index in [9.17, 15) is 9.59 Å². The zero-order valence-electron chi connectivity index (χ0n) is 11.7. The number of Topliss-reactive ketones (excluding diaryl/α,β-unsaturated/α-hetero) is 1. The summed E-state index contributed by atoms with van der Waals surface area (Å²) in [5, 5.41) is 5.44. The lowest BCUT2D eigenvalue weighted by Gasteiger charge is -2.15. The Morgan fingerprint density at radius 2 is 2.00 bits per heavy atom. The van der Waals surface area contributed by atoms with Crippen LogP contribution < -0.4 is 16.2 Å². The number of carbonyl (C=O) groups is 2. The Balaban J connectivity index is 1.60. The predicted molar refractivity (Wildman–Crippen MR) is 87.2 cm³/mol. The van der Waals surface area contributed by atoms with Crippen LogP contribution in [0.2, 0.25) is 0 Å². The zero-order valence-corrected chi connectivity index (χ0v) is 13.3. The van der Waals surface area contributed by atoms with Crippen LogP contribution >= 0.6 is 23.6 Å². The quantitative estimate of drug-likeness (QED) is 0.440. The molecule has 21 heavy (non-hydrogen) atoms. The molecule has 0 saturated heterocycles. The molecule has 1 aliphatic rings. The van der Waals surface area contributed by atoms with Crippen LogP contribution in [0.3, 0.4) is 0 Å². The van der Waals surface area contributed by atoms with Gasteiger partial charge in [0.2, 0.25) is 5.91 Å². The van der Waals surface area contributed by atoms with Crippen molar-refractivity contribution in [3.63, 3.8) is 0 Å². The minimum atomic E-state index is -0.240. The molecule has 1 heterocycles. The molecule has 0 spiro atoms. The van der Waals surface area contributed by atoms with E-state index in [0.717, 1.165) is 12.8 Å². The fourth-order valence-electron chi connectivity index (χ4n) is 2.27. The lowest BCUT2D eigenvalue weighted by Crippen LogP contribution is -2.49. The fourth-order valence-corrected chi connectivity index (χ4v) is 3.18. The molecule has 0 aliphatic heterocycles. The highest BCUT2D eigenvalue weighted by Crippen LogP contribution is 2.17. The molecule has 1 amide bonds. The first-order valence-electron chi connectivity index (χ1n) is 7.07. The summed E-state index contributed by atoms with van der Waals surface area (Å²) in [5.74, 6) is -0.248. The molecule has 3 N–H and O–H groups in total. The van der Waals surface area contributed by atoms with Crippen molar-refractivity contribution in [2.24, 2.45) is 0 Å². The number of hydrogen-bond acceptors (Lipinski definition) is 4. The molecule has 5 nitrogen and oxygen atoms in total. The van der Waals surface area contributed by atoms with E-state index in [1.165, 1.54) is 24.2 Å². The van der Waals surface area contributed by atoms with Crippen molar-refractivity contribution in [2.75, 3.05) is 0 Å². The number of rotatable bonds is 5. The molecule has 1 aromatic heterocycles. The van der Waals surface area contributed by atoms with Gasteiger partial charge in [0.05, 0.1) is 4.88 Å². The van der Waals surface area contributed by atoms with Crippen molar-refractivity contribution in [3.8, 4) is 0 Å². The number of hydrazine groups is 1. The highest BCUT2D eigenvalue weighted by Gasteiger charge is 2.15. The topological polar surface area (TPSA) is 70.2 Å². The van der Waals surface area contributed by atoms with E-state index in [1.54, 1.807) is 6.07 Å². The Labute approximate surface area is 133 Å². The third-order valence-electron chi connectivity index (χ3n) is 3.38. The fraction of sp³-hybridized carbons (Fsp3) is 0.500. The number of thiophene rings is 1. The SMILES string of the molecule is O=C(CCC(=O)c1cccs1)NNC(=S)NC1CCCC1. The smallest absolute Gasteiger partial charge is 0.238 e. The maximum absolute atomic E-state index is 11.8. The van der Waals surface area contributed by atoms with Gasteiger partial charge >= 0.3 is 0 Å². The van der Waals surface area contributed by atoms with Gasteiger partial charge in [0.15, 0.2) is 10.9 Å². The minimum absolute atomic E-state index is 0.00759. The molecule has 7 heteroatoms. The van der Waals surface area contributed by atoms with Crippen molar-refractivity contribution in [1.82, 2.24) is 16.2 Å². The second kappa shape index (κ2) is 8.09. The lowest BCUT2D eigenvalue weighted by atomic mass is 10.2. The standard InChI is InChI=1S/C14H19N3O2S2/c18-11(12-6-3-9-21-12)7-8-13(19)16-17-14(20)15-10-4-1-2-5-10/h3,6,9-10H,1-2,4-5,7-8H2,(H,16,19)(H2,15,17,20). The zero-order chi connectivity index (χ0) is 15.1. The molecule has 0 radical (unpaired) electrons. The van der Waals surface area contributed by atoms with Crippen LogP contribution in [0.15, 0.2) is 17.5 Å². The Morgan fingerprint density at radius 3 is 2.67 bits per heavy atom. The second-order valence-corrected chi connectivity index (χ2v) is 6.38. The van der Waals surface area contributed by atoms with Crippen LogP contribution in [0.4, 0.5) is 0 Å². The van der Waals surface area contributed by atoms with Gasteiger partial charge in [-0.1, -0.05) is 18.9 Å². The normalized spacial score (nSPS) is 14.7. The Hall–Kier alpha value is -1.47. The molecule has 0 bridgehead atoms. The Morgan fingerprint density at radius 1 is 1.24 bits per heavy atom. The van der Waals surface area contributed by atoms with E-state index < -0.39 is 0 Å². The van der Waals surface area contributed by atoms with Gasteiger partial charge in [-0.15, -0.1) is 11.3 Å². The molecule has 1 saturated carbocycles. The Kier molecular flexibility index (Phi) is 6.13. The monoisotopic (exact) mass is 325 g/mol. The molecular weight excluding hydrogens is 306 g/mol. The van der Waals surface area contributed by atoms with Crippen molar-refractivity contribution in [3.05, 3.63) is 22.4 Å². The van der Waals surface area contributed by atoms with Gasteiger partial charge in [-0.25, -0.2) is 0 Å². The summed E-state index contributed by atoms with van der Waals surface area (Å²) in [4.78, 5) is 24.1.